The van der Waals surface area contributed by atoms with Gasteiger partial charge in [0, 0.05) is 5.69 Å². The smallest absolute Gasteiger partial charge is 0.262 e. The third kappa shape index (κ3) is 4.23. The van der Waals surface area contributed by atoms with E-state index in [0.29, 0.717) is 29.2 Å². The fraction of sp³-hybridized carbons (Fsp3) is 0.333. The second-order valence-electron chi connectivity index (χ2n) is 7.33. The molecule has 1 aliphatic heterocycles. The zero-order valence-corrected chi connectivity index (χ0v) is 15.5. The maximum absolute atomic E-state index is 12.3. The summed E-state index contributed by atoms with van der Waals surface area (Å²) in [5, 5.41) is 2.76. The summed E-state index contributed by atoms with van der Waals surface area (Å²) in [5.41, 5.74) is 2.70. The quantitative estimate of drug-likeness (QED) is 0.900. The van der Waals surface area contributed by atoms with Crippen molar-refractivity contribution in [3.63, 3.8) is 0 Å². The number of anilines is 1. The van der Waals surface area contributed by atoms with E-state index in [2.05, 4.69) is 5.32 Å². The van der Waals surface area contributed by atoms with Crippen LogP contribution in [0.1, 0.15) is 41.8 Å². The van der Waals surface area contributed by atoms with Crippen molar-refractivity contribution in [2.75, 3.05) is 11.9 Å². The number of ether oxygens (including phenoxy) is 2. The minimum absolute atomic E-state index is 0.0128. The zero-order valence-electron chi connectivity index (χ0n) is 15.5. The van der Waals surface area contributed by atoms with Gasteiger partial charge in [-0.25, -0.2) is 0 Å². The number of hydrogen-bond donors (Lipinski definition) is 1. The molecule has 1 heterocycles. The fourth-order valence-electron chi connectivity index (χ4n) is 3.09. The highest BCUT2D eigenvalue weighted by Crippen LogP contribution is 2.34. The molecule has 26 heavy (non-hydrogen) atoms. The molecule has 0 bridgehead atoms. The highest BCUT2D eigenvalue weighted by atomic mass is 16.5. The molecule has 0 saturated heterocycles. The first-order chi connectivity index (χ1) is 12.2. The largest absolute Gasteiger partial charge is 0.487 e. The predicted octanol–water partition coefficient (Wildman–Crippen LogP) is 4.06. The molecule has 1 N–H and O–H groups in total. The number of carbonyl (C=O) groups is 2. The van der Waals surface area contributed by atoms with Crippen LogP contribution in [0, 0.1) is 13.8 Å². The second-order valence-corrected chi connectivity index (χ2v) is 7.33. The van der Waals surface area contributed by atoms with E-state index in [9.17, 15) is 9.59 Å². The van der Waals surface area contributed by atoms with Gasteiger partial charge in [0.1, 0.15) is 17.1 Å². The molecule has 1 aliphatic rings. The topological polar surface area (TPSA) is 64.6 Å². The Kier molecular flexibility index (Phi) is 4.72. The van der Waals surface area contributed by atoms with Crippen molar-refractivity contribution in [1.29, 1.82) is 0 Å². The van der Waals surface area contributed by atoms with Gasteiger partial charge >= 0.3 is 0 Å². The lowest BCUT2D eigenvalue weighted by Crippen LogP contribution is -2.35. The van der Waals surface area contributed by atoms with Crippen LogP contribution in [0.5, 0.6) is 11.5 Å². The van der Waals surface area contributed by atoms with Crippen LogP contribution >= 0.6 is 0 Å². The van der Waals surface area contributed by atoms with Crippen molar-refractivity contribution in [3.05, 3.63) is 53.1 Å². The summed E-state index contributed by atoms with van der Waals surface area (Å²) in [6, 6.07) is 10.9. The lowest BCUT2D eigenvalue weighted by atomic mass is 9.93. The van der Waals surface area contributed by atoms with E-state index < -0.39 is 5.60 Å². The number of rotatable bonds is 4. The number of benzene rings is 2. The van der Waals surface area contributed by atoms with Crippen LogP contribution in [-0.4, -0.2) is 23.9 Å². The van der Waals surface area contributed by atoms with Crippen LogP contribution in [0.2, 0.25) is 0 Å². The summed E-state index contributed by atoms with van der Waals surface area (Å²) < 4.78 is 11.4. The van der Waals surface area contributed by atoms with Gasteiger partial charge in [-0.2, -0.15) is 0 Å². The molecule has 2 aromatic carbocycles. The van der Waals surface area contributed by atoms with Crippen LogP contribution in [0.15, 0.2) is 36.4 Å². The number of fused-ring (bicyclic) bond motifs is 1. The normalized spacial score (nSPS) is 15.0. The van der Waals surface area contributed by atoms with E-state index in [1.807, 2.05) is 45.9 Å². The van der Waals surface area contributed by atoms with Gasteiger partial charge < -0.3 is 14.8 Å². The Labute approximate surface area is 153 Å². The van der Waals surface area contributed by atoms with Gasteiger partial charge in [-0.05, 0) is 69.2 Å². The highest BCUT2D eigenvalue weighted by molar-refractivity contribution is 6.02. The number of nitrogens with one attached hydrogen (secondary N) is 1. The van der Waals surface area contributed by atoms with Crippen molar-refractivity contribution in [1.82, 2.24) is 0 Å². The first-order valence-corrected chi connectivity index (χ1v) is 8.59. The average molecular weight is 353 g/mol. The fourth-order valence-corrected chi connectivity index (χ4v) is 3.09. The Morgan fingerprint density at radius 1 is 1.15 bits per heavy atom. The Morgan fingerprint density at radius 2 is 1.85 bits per heavy atom. The van der Waals surface area contributed by atoms with Crippen LogP contribution in [0.4, 0.5) is 5.69 Å². The SMILES string of the molecule is Cc1cc(C)cc(OCC(=O)Nc2ccc3c(c2)C(=O)CC(C)(C)O3)c1. The summed E-state index contributed by atoms with van der Waals surface area (Å²) in [7, 11) is 0. The zero-order chi connectivity index (χ0) is 18.9. The van der Waals surface area contributed by atoms with Crippen molar-refractivity contribution >= 4 is 17.4 Å². The van der Waals surface area contributed by atoms with Crippen LogP contribution in [-0.2, 0) is 4.79 Å². The van der Waals surface area contributed by atoms with Gasteiger partial charge in [0.2, 0.25) is 0 Å². The number of Topliss-reactive ketones (excluding diaryl/α,β-unsaturated/α-hetero) is 1. The van der Waals surface area contributed by atoms with Gasteiger partial charge in [-0.3, -0.25) is 9.59 Å². The first-order valence-electron chi connectivity index (χ1n) is 8.59. The molecular formula is C21H23NO4. The third-order valence-corrected chi connectivity index (χ3v) is 4.10. The van der Waals surface area contributed by atoms with E-state index in [1.165, 1.54) is 0 Å². The Morgan fingerprint density at radius 3 is 2.54 bits per heavy atom. The Hall–Kier alpha value is -2.82. The lowest BCUT2D eigenvalue weighted by molar-refractivity contribution is -0.118. The molecular weight excluding hydrogens is 330 g/mol. The maximum Gasteiger partial charge on any atom is 0.262 e. The van der Waals surface area contributed by atoms with Crippen LogP contribution in [0.25, 0.3) is 0 Å². The summed E-state index contributed by atoms with van der Waals surface area (Å²) in [6.07, 6.45) is 0.313. The average Bonchev–Trinajstić information content (AvgIpc) is 2.52. The lowest BCUT2D eigenvalue weighted by Gasteiger charge is -2.31. The molecule has 0 unspecified atom stereocenters. The molecule has 0 saturated carbocycles. The Balaban J connectivity index is 1.65. The van der Waals surface area contributed by atoms with E-state index in [4.69, 9.17) is 9.47 Å². The van der Waals surface area contributed by atoms with Crippen LogP contribution in [0.3, 0.4) is 0 Å². The number of aryl methyl sites for hydroxylation is 2. The molecule has 0 aromatic heterocycles. The number of ketones is 1. The van der Waals surface area contributed by atoms with Gasteiger partial charge in [0.15, 0.2) is 12.4 Å². The summed E-state index contributed by atoms with van der Waals surface area (Å²) in [6.45, 7) is 7.63. The molecule has 2 aromatic rings. The second kappa shape index (κ2) is 6.83. The van der Waals surface area contributed by atoms with Gasteiger partial charge in [0.05, 0.1) is 12.0 Å². The van der Waals surface area contributed by atoms with Gasteiger partial charge in [-0.1, -0.05) is 6.07 Å². The van der Waals surface area contributed by atoms with Crippen molar-refractivity contribution in [2.45, 2.75) is 39.7 Å². The molecule has 0 aliphatic carbocycles. The van der Waals surface area contributed by atoms with E-state index in [0.717, 1.165) is 11.1 Å². The molecule has 5 heteroatoms. The summed E-state index contributed by atoms with van der Waals surface area (Å²) in [4.78, 5) is 24.5. The van der Waals surface area contributed by atoms with Gasteiger partial charge in [-0.15, -0.1) is 0 Å². The molecule has 5 nitrogen and oxygen atoms in total. The number of hydrogen-bond acceptors (Lipinski definition) is 4. The molecule has 0 fully saturated rings. The number of carbonyl (C=O) groups excluding carboxylic acids is 2. The highest BCUT2D eigenvalue weighted by Gasteiger charge is 2.32. The Bertz CT molecular complexity index is 850. The molecule has 1 amide bonds. The summed E-state index contributed by atoms with van der Waals surface area (Å²) in [5.74, 6) is 0.942. The monoisotopic (exact) mass is 353 g/mol. The molecule has 0 radical (unpaired) electrons. The minimum Gasteiger partial charge on any atom is -0.487 e. The molecule has 3 rings (SSSR count). The van der Waals surface area contributed by atoms with Gasteiger partial charge in [0.25, 0.3) is 5.91 Å². The van der Waals surface area contributed by atoms with E-state index >= 15 is 0 Å². The molecule has 0 spiro atoms. The third-order valence-electron chi connectivity index (χ3n) is 4.10. The van der Waals surface area contributed by atoms with Crippen molar-refractivity contribution < 1.29 is 19.1 Å². The minimum atomic E-state index is -0.505. The predicted molar refractivity (Wildman–Crippen MR) is 100 cm³/mol. The maximum atomic E-state index is 12.3. The molecule has 0 atom stereocenters. The standard InChI is InChI=1S/C21H23NO4/c1-13-7-14(2)9-16(8-13)25-12-20(24)22-15-5-6-19-17(10-15)18(23)11-21(3,4)26-19/h5-10H,11-12H2,1-4H3,(H,22,24). The number of amides is 1. The molecule has 136 valence electrons. The van der Waals surface area contributed by atoms with E-state index in [-0.39, 0.29) is 18.3 Å². The summed E-state index contributed by atoms with van der Waals surface area (Å²) >= 11 is 0. The van der Waals surface area contributed by atoms with Crippen LogP contribution < -0.4 is 14.8 Å². The van der Waals surface area contributed by atoms with Crippen molar-refractivity contribution in [3.8, 4) is 11.5 Å². The van der Waals surface area contributed by atoms with Crippen molar-refractivity contribution in [2.24, 2.45) is 0 Å². The van der Waals surface area contributed by atoms with E-state index in [1.54, 1.807) is 18.2 Å². The first kappa shape index (κ1) is 18.0.